The van der Waals surface area contributed by atoms with Gasteiger partial charge in [0.2, 0.25) is 23.6 Å². The molecule has 16 heteroatoms. The van der Waals surface area contributed by atoms with E-state index >= 15 is 0 Å². The average molecular weight is 871 g/mol. The van der Waals surface area contributed by atoms with Crippen molar-refractivity contribution >= 4 is 40.9 Å². The van der Waals surface area contributed by atoms with Crippen LogP contribution in [0.5, 0.6) is 0 Å². The summed E-state index contributed by atoms with van der Waals surface area (Å²) in [6.07, 6.45) is 1.30. The van der Waals surface area contributed by atoms with E-state index in [-0.39, 0.29) is 59.8 Å². The molecule has 9 atom stereocenters. The highest BCUT2D eigenvalue weighted by Crippen LogP contribution is 2.31. The fraction of sp³-hybridized carbons (Fsp3) is 0.689. The van der Waals surface area contributed by atoms with Crippen molar-refractivity contribution in [2.45, 2.75) is 123 Å². The van der Waals surface area contributed by atoms with E-state index in [2.05, 4.69) is 20.9 Å². The lowest BCUT2D eigenvalue weighted by Gasteiger charge is -2.41. The zero-order chi connectivity index (χ0) is 45.6. The van der Waals surface area contributed by atoms with Crippen molar-refractivity contribution in [2.24, 2.45) is 29.4 Å². The van der Waals surface area contributed by atoms with Crippen molar-refractivity contribution in [3.63, 3.8) is 0 Å². The van der Waals surface area contributed by atoms with Crippen LogP contribution in [0.2, 0.25) is 0 Å². The molecule has 1 aliphatic rings. The van der Waals surface area contributed by atoms with Gasteiger partial charge in [-0.15, -0.1) is 11.3 Å². The topological polar surface area (TPSA) is 189 Å². The third kappa shape index (κ3) is 13.5. The maximum Gasteiger partial charge on any atom is 0.273 e. The number of likely N-dealkylation sites (N-methyl/N-ethyl adjacent to an activating group) is 3. The van der Waals surface area contributed by atoms with Crippen LogP contribution in [0.1, 0.15) is 101 Å². The number of nitrogens with two attached hydrogens (primary N) is 1. The Bertz CT molecular complexity index is 1710. The number of amides is 5. The van der Waals surface area contributed by atoms with Gasteiger partial charge < -0.3 is 45.9 Å². The first kappa shape index (κ1) is 51.4. The van der Waals surface area contributed by atoms with Crippen molar-refractivity contribution in [2.75, 3.05) is 55.0 Å². The molecule has 2 heterocycles. The molecular formula is C45H74N8O7S. The van der Waals surface area contributed by atoms with Crippen LogP contribution in [-0.4, -0.2) is 141 Å². The lowest BCUT2D eigenvalue weighted by molar-refractivity contribution is -0.147. The van der Waals surface area contributed by atoms with Crippen LogP contribution in [0.25, 0.3) is 0 Å². The monoisotopic (exact) mass is 871 g/mol. The number of thiazole rings is 1. The second-order valence-electron chi connectivity index (χ2n) is 17.2. The number of nitrogens with one attached hydrogen (secondary N) is 3. The van der Waals surface area contributed by atoms with Crippen LogP contribution >= 0.6 is 11.3 Å². The number of hydrogen-bond donors (Lipinski definition) is 4. The molecule has 0 spiro atoms. The van der Waals surface area contributed by atoms with Gasteiger partial charge in [0.15, 0.2) is 0 Å². The normalized spacial score (nSPS) is 18.1. The van der Waals surface area contributed by atoms with Crippen molar-refractivity contribution in [3.8, 4) is 0 Å². The number of aromatic nitrogens is 1. The fourth-order valence-electron chi connectivity index (χ4n) is 8.44. The Hall–Kier alpha value is -3.96. The standard InChI is InChI=1S/C45H74N8O7S/c1-13-29(6)39(52(10)45(58)38(28(4)5)50-42(56)37(47-8)27(2)3)35(59-11)25-36(54)53-22-17-20-34(53)40(60-12)30(7)41(55)48-32(24-31-18-15-14-16-19-31)43-49-33(26-61-43)44(57)51(9)23-21-46/h14-16,18-19,26-30,32,34-35,37-40,47H,13,17,20-25,46H2,1-12H3,(H,48,55)(H,50,56)/t29-,30+,32-,34-,35+,37-,38-,39-,40+/m0/s1. The summed E-state index contributed by atoms with van der Waals surface area (Å²) in [5.74, 6) is -2.00. The average Bonchev–Trinajstić information content (AvgIpc) is 3.93. The molecule has 0 unspecified atom stereocenters. The molecule has 0 aliphatic carbocycles. The van der Waals surface area contributed by atoms with Crippen LogP contribution in [0, 0.1) is 23.7 Å². The highest BCUT2D eigenvalue weighted by molar-refractivity contribution is 7.09. The molecular weight excluding hydrogens is 797 g/mol. The molecule has 15 nitrogen and oxygen atoms in total. The summed E-state index contributed by atoms with van der Waals surface area (Å²) in [6, 6.07) is 7.17. The third-order valence-electron chi connectivity index (χ3n) is 12.2. The number of methoxy groups -OCH3 is 2. The number of nitrogens with zero attached hydrogens (tertiary/aromatic N) is 4. The van der Waals surface area contributed by atoms with Crippen molar-refractivity contribution in [1.29, 1.82) is 0 Å². The predicted molar refractivity (Wildman–Crippen MR) is 240 cm³/mol. The molecule has 342 valence electrons. The molecule has 1 aromatic carbocycles. The molecule has 0 bridgehead atoms. The van der Waals surface area contributed by atoms with E-state index in [4.69, 9.17) is 15.2 Å². The molecule has 2 aromatic rings. The highest BCUT2D eigenvalue weighted by Gasteiger charge is 2.43. The van der Waals surface area contributed by atoms with E-state index in [0.717, 1.165) is 18.4 Å². The molecule has 1 saturated heterocycles. The molecule has 0 radical (unpaired) electrons. The fourth-order valence-corrected chi connectivity index (χ4v) is 9.28. The largest absolute Gasteiger partial charge is 0.379 e. The van der Waals surface area contributed by atoms with Gasteiger partial charge in [-0.3, -0.25) is 24.0 Å². The van der Waals surface area contributed by atoms with Crippen molar-refractivity contribution in [1.82, 2.24) is 35.6 Å². The predicted octanol–water partition coefficient (Wildman–Crippen LogP) is 3.88. The number of carbonyl (C=O) groups is 5. The van der Waals surface area contributed by atoms with Crippen molar-refractivity contribution in [3.05, 3.63) is 52.0 Å². The number of ether oxygens (including phenoxy) is 2. The van der Waals surface area contributed by atoms with Gasteiger partial charge in [0, 0.05) is 53.3 Å². The number of carbonyl (C=O) groups excluding carboxylic acids is 5. The molecule has 1 aliphatic heterocycles. The van der Waals surface area contributed by atoms with E-state index in [9.17, 15) is 24.0 Å². The molecule has 0 saturated carbocycles. The van der Waals surface area contributed by atoms with Gasteiger partial charge in [-0.25, -0.2) is 4.98 Å². The van der Waals surface area contributed by atoms with E-state index < -0.39 is 42.3 Å². The number of likely N-dealkylation sites (tertiary alicyclic amines) is 1. The summed E-state index contributed by atoms with van der Waals surface area (Å²) in [5, 5.41) is 11.6. The summed E-state index contributed by atoms with van der Waals surface area (Å²) in [7, 11) is 8.26. The van der Waals surface area contributed by atoms with Crippen LogP contribution < -0.4 is 21.7 Å². The van der Waals surface area contributed by atoms with Gasteiger partial charge in [0.25, 0.3) is 5.91 Å². The molecule has 5 amide bonds. The van der Waals surface area contributed by atoms with Gasteiger partial charge in [-0.1, -0.05) is 85.2 Å². The minimum absolute atomic E-state index is 0.00917. The van der Waals surface area contributed by atoms with E-state index in [1.54, 1.807) is 50.5 Å². The van der Waals surface area contributed by atoms with Gasteiger partial charge >= 0.3 is 0 Å². The highest BCUT2D eigenvalue weighted by atomic mass is 32.1. The summed E-state index contributed by atoms with van der Waals surface area (Å²) < 4.78 is 12.1. The van der Waals surface area contributed by atoms with Gasteiger partial charge in [-0.2, -0.15) is 0 Å². The quantitative estimate of drug-likeness (QED) is 0.121. The first-order valence-corrected chi connectivity index (χ1v) is 22.7. The SMILES string of the molecule is CC[C@H](C)[C@@H]([C@@H](CC(=O)N1CCC[C@H]1[C@H](OC)[C@@H](C)C(=O)N[C@@H](Cc1ccccc1)c1nc(C(=O)N(C)CCN)cs1)OC)N(C)C(=O)[C@@H](NC(=O)[C@@H](NC)C(C)C)C(C)C. The third-order valence-corrected chi connectivity index (χ3v) is 13.2. The van der Waals surface area contributed by atoms with Gasteiger partial charge in [-0.05, 0) is 49.6 Å². The molecule has 1 aromatic heterocycles. The lowest BCUT2D eigenvalue weighted by Crippen LogP contribution is -2.59. The number of benzene rings is 1. The number of hydrogen-bond acceptors (Lipinski definition) is 11. The minimum atomic E-state index is -0.777. The van der Waals surface area contributed by atoms with Crippen LogP contribution in [0.15, 0.2) is 35.7 Å². The minimum Gasteiger partial charge on any atom is -0.379 e. The molecule has 5 N–H and O–H groups in total. The summed E-state index contributed by atoms with van der Waals surface area (Å²) in [4.78, 5) is 78.8. The number of rotatable bonds is 24. The Balaban J connectivity index is 1.83. The first-order chi connectivity index (χ1) is 28.9. The Morgan fingerprint density at radius 1 is 0.951 bits per heavy atom. The maximum atomic E-state index is 14.4. The summed E-state index contributed by atoms with van der Waals surface area (Å²) >= 11 is 1.32. The maximum absolute atomic E-state index is 14.4. The van der Waals surface area contributed by atoms with E-state index in [1.807, 2.05) is 78.8 Å². The van der Waals surface area contributed by atoms with Crippen molar-refractivity contribution < 1.29 is 33.4 Å². The van der Waals surface area contributed by atoms with Crippen LogP contribution in [0.4, 0.5) is 0 Å². The van der Waals surface area contributed by atoms with E-state index in [0.29, 0.717) is 43.2 Å². The Morgan fingerprint density at radius 3 is 2.16 bits per heavy atom. The first-order valence-electron chi connectivity index (χ1n) is 21.8. The second-order valence-corrected chi connectivity index (χ2v) is 18.1. The summed E-state index contributed by atoms with van der Waals surface area (Å²) in [6.45, 7) is 14.8. The molecule has 1 fully saturated rings. The summed E-state index contributed by atoms with van der Waals surface area (Å²) in [5.41, 5.74) is 6.96. The van der Waals surface area contributed by atoms with Crippen LogP contribution in [0.3, 0.4) is 0 Å². The Labute approximate surface area is 368 Å². The zero-order valence-corrected chi connectivity index (χ0v) is 39.4. The molecule has 3 rings (SSSR count). The zero-order valence-electron chi connectivity index (χ0n) is 38.6. The Morgan fingerprint density at radius 2 is 1.61 bits per heavy atom. The smallest absolute Gasteiger partial charge is 0.273 e. The van der Waals surface area contributed by atoms with Crippen LogP contribution in [-0.2, 0) is 35.1 Å². The van der Waals surface area contributed by atoms with Gasteiger partial charge in [0.05, 0.1) is 48.7 Å². The lowest BCUT2D eigenvalue weighted by atomic mass is 9.89. The Kier molecular flexibility index (Phi) is 20.7. The van der Waals surface area contributed by atoms with E-state index in [1.165, 1.54) is 16.2 Å². The van der Waals surface area contributed by atoms with Gasteiger partial charge in [0.1, 0.15) is 16.7 Å². The molecule has 61 heavy (non-hydrogen) atoms. The second kappa shape index (κ2) is 24.6.